The number of amides is 1. The molecule has 1 saturated heterocycles. The maximum atomic E-state index is 13.5. The SMILES string of the molecule is CC(C)Cn1cnc2c1c(=O)n(CC(=O)N1C(C)CCCC1C)c(=O)n2Cc1ccccc1. The lowest BCUT2D eigenvalue weighted by atomic mass is 9.97. The van der Waals surface area contributed by atoms with E-state index < -0.39 is 11.2 Å². The van der Waals surface area contributed by atoms with Crippen LogP contribution in [0.2, 0.25) is 0 Å². The van der Waals surface area contributed by atoms with Crippen molar-refractivity contribution in [1.29, 1.82) is 0 Å². The van der Waals surface area contributed by atoms with Gasteiger partial charge >= 0.3 is 5.69 Å². The highest BCUT2D eigenvalue weighted by molar-refractivity contribution is 5.77. The highest BCUT2D eigenvalue weighted by Gasteiger charge is 2.30. The van der Waals surface area contributed by atoms with E-state index in [4.69, 9.17) is 0 Å². The van der Waals surface area contributed by atoms with Crippen molar-refractivity contribution < 1.29 is 4.79 Å². The normalized spacial score (nSPS) is 18.9. The van der Waals surface area contributed by atoms with Crippen LogP contribution in [0.25, 0.3) is 11.2 Å². The summed E-state index contributed by atoms with van der Waals surface area (Å²) in [6, 6.07) is 9.79. The third-order valence-electron chi connectivity index (χ3n) is 6.50. The molecule has 3 heterocycles. The summed E-state index contributed by atoms with van der Waals surface area (Å²) in [6.07, 6.45) is 4.57. The van der Waals surface area contributed by atoms with Crippen LogP contribution in [0, 0.1) is 5.92 Å². The lowest BCUT2D eigenvalue weighted by molar-refractivity contribution is -0.138. The van der Waals surface area contributed by atoms with Gasteiger partial charge in [-0.25, -0.2) is 14.3 Å². The summed E-state index contributed by atoms with van der Waals surface area (Å²) in [7, 11) is 0. The zero-order chi connectivity index (χ0) is 23.7. The monoisotopic (exact) mass is 451 g/mol. The Bertz CT molecular complexity index is 1240. The lowest BCUT2D eigenvalue weighted by Gasteiger charge is -2.39. The highest BCUT2D eigenvalue weighted by Crippen LogP contribution is 2.22. The molecule has 2 atom stereocenters. The zero-order valence-electron chi connectivity index (χ0n) is 19.9. The van der Waals surface area contributed by atoms with Crippen LogP contribution < -0.4 is 11.2 Å². The number of hydrogen-bond acceptors (Lipinski definition) is 4. The van der Waals surface area contributed by atoms with Gasteiger partial charge in [0.25, 0.3) is 5.56 Å². The number of nitrogens with zero attached hydrogens (tertiary/aromatic N) is 5. The first kappa shape index (κ1) is 23.0. The Morgan fingerprint density at radius 3 is 2.36 bits per heavy atom. The second kappa shape index (κ2) is 9.37. The molecule has 1 fully saturated rings. The highest BCUT2D eigenvalue weighted by atomic mass is 16.2. The van der Waals surface area contributed by atoms with Gasteiger partial charge in [0.15, 0.2) is 11.2 Å². The van der Waals surface area contributed by atoms with E-state index in [1.165, 1.54) is 4.57 Å². The fourth-order valence-electron chi connectivity index (χ4n) is 4.95. The van der Waals surface area contributed by atoms with Gasteiger partial charge in [0.05, 0.1) is 12.9 Å². The summed E-state index contributed by atoms with van der Waals surface area (Å²) in [5.41, 5.74) is 0.693. The first-order valence-corrected chi connectivity index (χ1v) is 11.8. The fourth-order valence-corrected chi connectivity index (χ4v) is 4.95. The van der Waals surface area contributed by atoms with Crippen molar-refractivity contribution >= 4 is 17.1 Å². The summed E-state index contributed by atoms with van der Waals surface area (Å²) in [4.78, 5) is 46.6. The lowest BCUT2D eigenvalue weighted by Crippen LogP contribution is -2.51. The number of benzene rings is 1. The molecule has 1 aliphatic rings. The molecule has 1 aliphatic heterocycles. The summed E-state index contributed by atoms with van der Waals surface area (Å²) in [6.45, 7) is 8.81. The van der Waals surface area contributed by atoms with Crippen molar-refractivity contribution in [2.45, 2.75) is 78.7 Å². The van der Waals surface area contributed by atoms with Crippen LogP contribution in [0.1, 0.15) is 52.5 Å². The molecule has 3 aromatic rings. The van der Waals surface area contributed by atoms with Crippen LogP contribution in [-0.2, 0) is 24.4 Å². The van der Waals surface area contributed by atoms with Crippen molar-refractivity contribution in [3.63, 3.8) is 0 Å². The van der Waals surface area contributed by atoms with Crippen molar-refractivity contribution in [1.82, 2.24) is 23.6 Å². The number of carbonyl (C=O) groups is 1. The molecular formula is C25H33N5O3. The van der Waals surface area contributed by atoms with Crippen molar-refractivity contribution in [2.75, 3.05) is 0 Å². The molecule has 0 bridgehead atoms. The number of carbonyl (C=O) groups excluding carboxylic acids is 1. The summed E-state index contributed by atoms with van der Waals surface area (Å²) < 4.78 is 4.41. The number of hydrogen-bond donors (Lipinski definition) is 0. The predicted octanol–water partition coefficient (Wildman–Crippen LogP) is 2.85. The Labute approximate surface area is 193 Å². The van der Waals surface area contributed by atoms with E-state index in [0.717, 1.165) is 29.4 Å². The smallest absolute Gasteiger partial charge is 0.333 e. The first-order valence-electron chi connectivity index (χ1n) is 11.8. The van der Waals surface area contributed by atoms with Crippen molar-refractivity contribution in [3.8, 4) is 0 Å². The molecule has 0 N–H and O–H groups in total. The second-order valence-electron chi connectivity index (χ2n) is 9.64. The van der Waals surface area contributed by atoms with Gasteiger partial charge < -0.3 is 9.47 Å². The minimum Gasteiger partial charge on any atom is -0.336 e. The molecule has 1 aromatic carbocycles. The largest absolute Gasteiger partial charge is 0.336 e. The molecule has 176 valence electrons. The number of rotatable bonds is 6. The summed E-state index contributed by atoms with van der Waals surface area (Å²) in [5, 5.41) is 0. The molecule has 0 radical (unpaired) electrons. The van der Waals surface area contributed by atoms with E-state index in [1.807, 2.05) is 49.1 Å². The van der Waals surface area contributed by atoms with Gasteiger partial charge in [-0.2, -0.15) is 0 Å². The van der Waals surface area contributed by atoms with Gasteiger partial charge in [0.2, 0.25) is 5.91 Å². The molecule has 0 spiro atoms. The van der Waals surface area contributed by atoms with E-state index in [-0.39, 0.29) is 31.1 Å². The number of likely N-dealkylation sites (tertiary alicyclic amines) is 1. The standard InChI is InChI=1S/C25H33N5O3/c1-17(2)13-27-16-26-23-22(27)24(32)29(15-21(31)30-18(3)9-8-10-19(30)4)25(33)28(23)14-20-11-6-5-7-12-20/h5-7,11-12,16-19H,8-10,13-15H2,1-4H3. The van der Waals surface area contributed by atoms with Gasteiger partial charge in [-0.1, -0.05) is 44.2 Å². The predicted molar refractivity (Wildman–Crippen MR) is 128 cm³/mol. The zero-order valence-corrected chi connectivity index (χ0v) is 19.9. The van der Waals surface area contributed by atoms with Crippen molar-refractivity contribution in [2.24, 2.45) is 5.92 Å². The van der Waals surface area contributed by atoms with E-state index in [9.17, 15) is 14.4 Å². The van der Waals surface area contributed by atoms with Crippen LogP contribution in [0.5, 0.6) is 0 Å². The van der Waals surface area contributed by atoms with Crippen LogP contribution >= 0.6 is 0 Å². The summed E-state index contributed by atoms with van der Waals surface area (Å²) >= 11 is 0. The number of aromatic nitrogens is 4. The molecule has 1 amide bonds. The molecule has 2 aromatic heterocycles. The minimum atomic E-state index is -0.503. The summed E-state index contributed by atoms with van der Waals surface area (Å²) in [5.74, 6) is 0.107. The third kappa shape index (κ3) is 4.51. The Kier molecular flexibility index (Phi) is 6.54. The van der Waals surface area contributed by atoms with Crippen LogP contribution in [0.4, 0.5) is 0 Å². The van der Waals surface area contributed by atoms with Gasteiger partial charge in [-0.05, 0) is 44.6 Å². The Balaban J connectivity index is 1.83. The minimum absolute atomic E-state index is 0.0960. The van der Waals surface area contributed by atoms with E-state index in [2.05, 4.69) is 18.8 Å². The average Bonchev–Trinajstić information content (AvgIpc) is 3.17. The van der Waals surface area contributed by atoms with Crippen LogP contribution in [0.15, 0.2) is 46.2 Å². The van der Waals surface area contributed by atoms with Gasteiger partial charge in [-0.3, -0.25) is 14.2 Å². The molecule has 0 aliphatic carbocycles. The number of fused-ring (bicyclic) bond motifs is 1. The number of imidazole rings is 1. The molecule has 33 heavy (non-hydrogen) atoms. The molecule has 8 heteroatoms. The van der Waals surface area contributed by atoms with E-state index in [0.29, 0.717) is 23.6 Å². The Morgan fingerprint density at radius 1 is 1.06 bits per heavy atom. The Hall–Kier alpha value is -3.16. The Morgan fingerprint density at radius 2 is 1.73 bits per heavy atom. The van der Waals surface area contributed by atoms with Crippen LogP contribution in [-0.4, -0.2) is 41.6 Å². The topological polar surface area (TPSA) is 82.1 Å². The third-order valence-corrected chi connectivity index (χ3v) is 6.50. The van der Waals surface area contributed by atoms with E-state index in [1.54, 1.807) is 10.9 Å². The van der Waals surface area contributed by atoms with Gasteiger partial charge in [0, 0.05) is 18.6 Å². The van der Waals surface area contributed by atoms with Gasteiger partial charge in [0.1, 0.15) is 6.54 Å². The fraction of sp³-hybridized carbons (Fsp3) is 0.520. The van der Waals surface area contributed by atoms with Gasteiger partial charge in [-0.15, -0.1) is 0 Å². The van der Waals surface area contributed by atoms with Crippen LogP contribution in [0.3, 0.4) is 0 Å². The van der Waals surface area contributed by atoms with E-state index >= 15 is 0 Å². The maximum Gasteiger partial charge on any atom is 0.333 e. The average molecular weight is 452 g/mol. The first-order chi connectivity index (χ1) is 15.8. The quantitative estimate of drug-likeness (QED) is 0.577. The van der Waals surface area contributed by atoms with Crippen molar-refractivity contribution in [3.05, 3.63) is 63.1 Å². The molecule has 0 saturated carbocycles. The number of piperidine rings is 1. The second-order valence-corrected chi connectivity index (χ2v) is 9.64. The maximum absolute atomic E-state index is 13.5. The molecule has 2 unspecified atom stereocenters. The molecule has 4 rings (SSSR count). The molecular weight excluding hydrogens is 418 g/mol. The molecule has 8 nitrogen and oxygen atoms in total.